The zero-order valence-corrected chi connectivity index (χ0v) is 10.5. The summed E-state index contributed by atoms with van der Waals surface area (Å²) in [6, 6.07) is 5.35. The summed E-state index contributed by atoms with van der Waals surface area (Å²) in [6.07, 6.45) is 2.71. The molecule has 18 heavy (non-hydrogen) atoms. The van der Waals surface area contributed by atoms with Crippen molar-refractivity contribution >= 4 is 23.0 Å². The maximum Gasteiger partial charge on any atom is 0.335 e. The first kappa shape index (κ1) is 11.2. The van der Waals surface area contributed by atoms with Gasteiger partial charge in [-0.05, 0) is 30.2 Å². The summed E-state index contributed by atoms with van der Waals surface area (Å²) in [6.45, 7) is 1.73. The van der Waals surface area contributed by atoms with Crippen LogP contribution in [-0.2, 0) is 13.0 Å². The molecule has 1 aliphatic heterocycles. The maximum absolute atomic E-state index is 10.9. The van der Waals surface area contributed by atoms with Crippen molar-refractivity contribution < 1.29 is 9.90 Å². The number of rotatable bonds is 3. The summed E-state index contributed by atoms with van der Waals surface area (Å²) in [4.78, 5) is 17.4. The number of thiazole rings is 1. The van der Waals surface area contributed by atoms with Gasteiger partial charge in [0.05, 0.1) is 12.1 Å². The third-order valence-electron chi connectivity index (χ3n) is 3.13. The number of nitrogens with zero attached hydrogens (tertiary/aromatic N) is 2. The largest absolute Gasteiger partial charge is 0.478 e. The lowest BCUT2D eigenvalue weighted by Crippen LogP contribution is -2.19. The van der Waals surface area contributed by atoms with Crippen LogP contribution in [-0.4, -0.2) is 22.6 Å². The molecule has 0 atom stereocenters. The van der Waals surface area contributed by atoms with Crippen LogP contribution in [0, 0.1) is 0 Å². The molecule has 2 heterocycles. The molecule has 0 saturated heterocycles. The fourth-order valence-corrected chi connectivity index (χ4v) is 2.89. The highest BCUT2D eigenvalue weighted by Gasteiger charge is 2.21. The van der Waals surface area contributed by atoms with Gasteiger partial charge in [0, 0.05) is 23.8 Å². The number of aromatic carboxylic acids is 1. The molecule has 92 valence electrons. The average molecular weight is 260 g/mol. The highest BCUT2D eigenvalue weighted by Crippen LogP contribution is 2.30. The van der Waals surface area contributed by atoms with Gasteiger partial charge in [-0.25, -0.2) is 9.78 Å². The zero-order chi connectivity index (χ0) is 12.5. The lowest BCUT2D eigenvalue weighted by molar-refractivity contribution is 0.0697. The SMILES string of the molecule is O=C(O)c1ccc2c(c1)CCN2Cc1nccs1. The lowest BCUT2D eigenvalue weighted by Gasteiger charge is -2.17. The Hall–Kier alpha value is -1.88. The summed E-state index contributed by atoms with van der Waals surface area (Å²) < 4.78 is 0. The van der Waals surface area contributed by atoms with Crippen LogP contribution in [0.4, 0.5) is 5.69 Å². The third-order valence-corrected chi connectivity index (χ3v) is 3.89. The standard InChI is InChI=1S/C13H12N2O2S/c16-13(17)10-1-2-11-9(7-10)3-5-15(11)8-12-14-4-6-18-12/h1-2,4,6-7H,3,5,8H2,(H,16,17). The van der Waals surface area contributed by atoms with Gasteiger partial charge < -0.3 is 10.0 Å². The number of benzene rings is 1. The summed E-state index contributed by atoms with van der Waals surface area (Å²) in [5, 5.41) is 12.0. The Morgan fingerprint density at radius 1 is 1.50 bits per heavy atom. The van der Waals surface area contributed by atoms with Crippen molar-refractivity contribution in [3.8, 4) is 0 Å². The second-order valence-corrected chi connectivity index (χ2v) is 5.23. The molecule has 4 nitrogen and oxygen atoms in total. The zero-order valence-electron chi connectivity index (χ0n) is 9.67. The molecule has 1 aromatic carbocycles. The summed E-state index contributed by atoms with van der Waals surface area (Å²) >= 11 is 1.65. The molecule has 0 amide bonds. The van der Waals surface area contributed by atoms with Gasteiger partial charge in [0.15, 0.2) is 0 Å². The van der Waals surface area contributed by atoms with Crippen LogP contribution >= 0.6 is 11.3 Å². The van der Waals surface area contributed by atoms with Crippen molar-refractivity contribution in [2.45, 2.75) is 13.0 Å². The Kier molecular flexibility index (Phi) is 2.76. The van der Waals surface area contributed by atoms with E-state index in [1.165, 1.54) is 0 Å². The van der Waals surface area contributed by atoms with Crippen molar-refractivity contribution in [2.75, 3.05) is 11.4 Å². The normalized spacial score (nSPS) is 13.7. The molecule has 1 aromatic heterocycles. The Bertz CT molecular complexity index is 581. The molecule has 1 aliphatic rings. The second kappa shape index (κ2) is 4.42. The van der Waals surface area contributed by atoms with Crippen LogP contribution in [0.3, 0.4) is 0 Å². The van der Waals surface area contributed by atoms with Crippen molar-refractivity contribution in [1.29, 1.82) is 0 Å². The fraction of sp³-hybridized carbons (Fsp3) is 0.231. The molecule has 0 unspecified atom stereocenters. The summed E-state index contributed by atoms with van der Waals surface area (Å²) in [5.41, 5.74) is 2.62. The van der Waals surface area contributed by atoms with Crippen LogP contribution in [0.5, 0.6) is 0 Å². The van der Waals surface area contributed by atoms with Crippen molar-refractivity contribution in [3.63, 3.8) is 0 Å². The van der Waals surface area contributed by atoms with E-state index in [2.05, 4.69) is 9.88 Å². The number of hydrogen-bond acceptors (Lipinski definition) is 4. The smallest absolute Gasteiger partial charge is 0.335 e. The van der Waals surface area contributed by atoms with Crippen LogP contribution in [0.1, 0.15) is 20.9 Å². The Morgan fingerprint density at radius 3 is 3.11 bits per heavy atom. The number of fused-ring (bicyclic) bond motifs is 1. The highest BCUT2D eigenvalue weighted by atomic mass is 32.1. The number of carbonyl (C=O) groups is 1. The molecular formula is C13H12N2O2S. The van der Waals surface area contributed by atoms with Gasteiger partial charge in [0.1, 0.15) is 5.01 Å². The summed E-state index contributed by atoms with van der Waals surface area (Å²) in [5.74, 6) is -0.865. The predicted octanol–water partition coefficient (Wildman–Crippen LogP) is 2.40. The van der Waals surface area contributed by atoms with E-state index in [-0.39, 0.29) is 0 Å². The summed E-state index contributed by atoms with van der Waals surface area (Å²) in [7, 11) is 0. The fourth-order valence-electron chi connectivity index (χ4n) is 2.26. The van der Waals surface area contributed by atoms with Gasteiger partial charge in [-0.3, -0.25) is 0 Å². The second-order valence-electron chi connectivity index (χ2n) is 4.25. The first-order valence-corrected chi connectivity index (χ1v) is 6.61. The monoisotopic (exact) mass is 260 g/mol. The third kappa shape index (κ3) is 1.97. The number of carboxylic acid groups (broad SMARTS) is 1. The topological polar surface area (TPSA) is 53.4 Å². The molecular weight excluding hydrogens is 248 g/mol. The Labute approximate surface area is 109 Å². The van der Waals surface area contributed by atoms with Gasteiger partial charge >= 0.3 is 5.97 Å². The number of carboxylic acids is 1. The molecule has 0 radical (unpaired) electrons. The molecule has 0 aliphatic carbocycles. The van der Waals surface area contributed by atoms with Gasteiger partial charge in [-0.2, -0.15) is 0 Å². The van der Waals surface area contributed by atoms with Crippen LogP contribution < -0.4 is 4.90 Å². The molecule has 0 spiro atoms. The minimum atomic E-state index is -0.865. The average Bonchev–Trinajstić information content (AvgIpc) is 2.99. The Balaban J connectivity index is 1.86. The van der Waals surface area contributed by atoms with E-state index in [0.29, 0.717) is 5.56 Å². The molecule has 0 bridgehead atoms. The first-order chi connectivity index (χ1) is 8.74. The van der Waals surface area contributed by atoms with Gasteiger partial charge in [0.2, 0.25) is 0 Å². The van der Waals surface area contributed by atoms with Crippen LogP contribution in [0.25, 0.3) is 0 Å². The quantitative estimate of drug-likeness (QED) is 0.920. The van der Waals surface area contributed by atoms with E-state index in [1.54, 1.807) is 23.5 Å². The molecule has 0 fully saturated rings. The van der Waals surface area contributed by atoms with Gasteiger partial charge in [0.25, 0.3) is 0 Å². The minimum Gasteiger partial charge on any atom is -0.478 e. The van der Waals surface area contributed by atoms with Crippen LogP contribution in [0.15, 0.2) is 29.8 Å². The van der Waals surface area contributed by atoms with Gasteiger partial charge in [-0.1, -0.05) is 0 Å². The predicted molar refractivity (Wildman–Crippen MR) is 70.3 cm³/mol. The van der Waals surface area contributed by atoms with E-state index in [4.69, 9.17) is 5.11 Å². The molecule has 3 rings (SSSR count). The van der Waals surface area contributed by atoms with E-state index >= 15 is 0 Å². The molecule has 2 aromatic rings. The molecule has 0 saturated carbocycles. The molecule has 5 heteroatoms. The van der Waals surface area contributed by atoms with Crippen molar-refractivity contribution in [1.82, 2.24) is 4.98 Å². The van der Waals surface area contributed by atoms with E-state index < -0.39 is 5.97 Å². The molecule has 1 N–H and O–H groups in total. The van der Waals surface area contributed by atoms with E-state index in [0.717, 1.165) is 35.8 Å². The maximum atomic E-state index is 10.9. The van der Waals surface area contributed by atoms with E-state index in [9.17, 15) is 4.79 Å². The van der Waals surface area contributed by atoms with Crippen molar-refractivity contribution in [3.05, 3.63) is 45.9 Å². The highest BCUT2D eigenvalue weighted by molar-refractivity contribution is 7.09. The Morgan fingerprint density at radius 2 is 2.39 bits per heavy atom. The minimum absolute atomic E-state index is 0.366. The number of aromatic nitrogens is 1. The van der Waals surface area contributed by atoms with E-state index in [1.807, 2.05) is 17.6 Å². The van der Waals surface area contributed by atoms with Crippen molar-refractivity contribution in [2.24, 2.45) is 0 Å². The number of anilines is 1. The first-order valence-electron chi connectivity index (χ1n) is 5.73. The van der Waals surface area contributed by atoms with Gasteiger partial charge in [-0.15, -0.1) is 11.3 Å². The van der Waals surface area contributed by atoms with Crippen LogP contribution in [0.2, 0.25) is 0 Å². The number of hydrogen-bond donors (Lipinski definition) is 1. The lowest BCUT2D eigenvalue weighted by atomic mass is 10.1.